The van der Waals surface area contributed by atoms with E-state index >= 15 is 0 Å². The van der Waals surface area contributed by atoms with Gasteiger partial charge in [0, 0.05) is 18.0 Å². The fraction of sp³-hybridized carbons (Fsp3) is 0.0769. The molecule has 4 nitrogen and oxygen atoms in total. The van der Waals surface area contributed by atoms with Crippen molar-refractivity contribution in [2.24, 2.45) is 0 Å². The van der Waals surface area contributed by atoms with Gasteiger partial charge in [0.25, 0.3) is 0 Å². The second-order valence-corrected chi connectivity index (χ2v) is 4.52. The maximum atomic E-state index is 10.8. The Labute approximate surface area is 119 Å². The molecular weight excluding hydrogens is 289 g/mol. The molecule has 2 aromatic rings. The van der Waals surface area contributed by atoms with E-state index in [-0.39, 0.29) is 17.2 Å². The number of hydrogen-bond acceptors (Lipinski definition) is 3. The number of carbonyl (C=O) groups is 1. The van der Waals surface area contributed by atoms with E-state index in [0.29, 0.717) is 10.8 Å². The molecule has 98 valence electrons. The molecule has 0 aliphatic rings. The highest BCUT2D eigenvalue weighted by molar-refractivity contribution is 6.32. The van der Waals surface area contributed by atoms with Crippen molar-refractivity contribution in [2.45, 2.75) is 6.61 Å². The van der Waals surface area contributed by atoms with Crippen LogP contribution in [0.2, 0.25) is 10.0 Å². The predicted octanol–water partition coefficient (Wildman–Crippen LogP) is 3.67. The highest BCUT2D eigenvalue weighted by atomic mass is 35.5. The van der Waals surface area contributed by atoms with E-state index in [4.69, 9.17) is 33.0 Å². The Balaban J connectivity index is 2.12. The standard InChI is InChI=1S/C13H9Cl2NO3/c14-10-5-8(13(17)18)1-2-12(10)19-7-9-3-4-16-6-11(9)15/h1-6H,7H2,(H,17,18). The highest BCUT2D eigenvalue weighted by Crippen LogP contribution is 2.27. The molecular formula is C13H9Cl2NO3. The number of hydrogen-bond donors (Lipinski definition) is 1. The number of benzene rings is 1. The minimum atomic E-state index is -1.04. The van der Waals surface area contributed by atoms with Crippen LogP contribution in [0.5, 0.6) is 5.75 Å². The second kappa shape index (κ2) is 5.91. The summed E-state index contributed by atoms with van der Waals surface area (Å²) in [6.45, 7) is 0.230. The van der Waals surface area contributed by atoms with E-state index < -0.39 is 5.97 Å². The number of carboxylic acid groups (broad SMARTS) is 1. The Hall–Kier alpha value is -1.78. The second-order valence-electron chi connectivity index (χ2n) is 3.71. The van der Waals surface area contributed by atoms with Crippen LogP contribution >= 0.6 is 23.2 Å². The van der Waals surface area contributed by atoms with Crippen LogP contribution in [0.4, 0.5) is 0 Å². The molecule has 0 unspecified atom stereocenters. The molecule has 0 amide bonds. The Morgan fingerprint density at radius 2 is 2.05 bits per heavy atom. The summed E-state index contributed by atoms with van der Waals surface area (Å²) in [6, 6.07) is 6.02. The Kier molecular flexibility index (Phi) is 4.24. The lowest BCUT2D eigenvalue weighted by Gasteiger charge is -2.09. The SMILES string of the molecule is O=C(O)c1ccc(OCc2ccncc2Cl)c(Cl)c1. The monoisotopic (exact) mass is 297 g/mol. The summed E-state index contributed by atoms with van der Waals surface area (Å²) in [5.41, 5.74) is 0.884. The van der Waals surface area contributed by atoms with Gasteiger partial charge in [0.2, 0.25) is 0 Å². The van der Waals surface area contributed by atoms with Crippen LogP contribution in [0.15, 0.2) is 36.7 Å². The number of aromatic carboxylic acids is 1. The highest BCUT2D eigenvalue weighted by Gasteiger charge is 2.08. The molecule has 1 heterocycles. The fourth-order valence-electron chi connectivity index (χ4n) is 1.43. The van der Waals surface area contributed by atoms with Crippen LogP contribution in [0.3, 0.4) is 0 Å². The lowest BCUT2D eigenvalue weighted by atomic mass is 10.2. The van der Waals surface area contributed by atoms with E-state index in [9.17, 15) is 4.79 Å². The zero-order chi connectivity index (χ0) is 13.8. The Morgan fingerprint density at radius 1 is 1.26 bits per heavy atom. The van der Waals surface area contributed by atoms with Gasteiger partial charge in [0.1, 0.15) is 12.4 Å². The minimum absolute atomic E-state index is 0.110. The van der Waals surface area contributed by atoms with Crippen molar-refractivity contribution in [2.75, 3.05) is 0 Å². The molecule has 0 aliphatic carbocycles. The molecule has 6 heteroatoms. The van der Waals surface area contributed by atoms with Crippen molar-refractivity contribution in [1.29, 1.82) is 0 Å². The van der Waals surface area contributed by atoms with Crippen molar-refractivity contribution in [3.63, 3.8) is 0 Å². The number of nitrogens with zero attached hydrogens (tertiary/aromatic N) is 1. The lowest BCUT2D eigenvalue weighted by Crippen LogP contribution is -1.99. The van der Waals surface area contributed by atoms with Crippen LogP contribution in [-0.4, -0.2) is 16.1 Å². The fourth-order valence-corrected chi connectivity index (χ4v) is 1.84. The lowest BCUT2D eigenvalue weighted by molar-refractivity contribution is 0.0697. The molecule has 0 aliphatic heterocycles. The first-order valence-electron chi connectivity index (χ1n) is 5.32. The Bertz CT molecular complexity index is 617. The van der Waals surface area contributed by atoms with Crippen molar-refractivity contribution in [3.05, 3.63) is 57.8 Å². The van der Waals surface area contributed by atoms with Gasteiger partial charge in [-0.15, -0.1) is 0 Å². The Morgan fingerprint density at radius 3 is 2.68 bits per heavy atom. The first kappa shape index (κ1) is 13.6. The van der Waals surface area contributed by atoms with E-state index in [0.717, 1.165) is 5.56 Å². The largest absolute Gasteiger partial charge is 0.487 e. The maximum absolute atomic E-state index is 10.8. The first-order valence-corrected chi connectivity index (χ1v) is 6.07. The number of halogens is 2. The van der Waals surface area contributed by atoms with Gasteiger partial charge in [-0.3, -0.25) is 4.98 Å². The van der Waals surface area contributed by atoms with Gasteiger partial charge in [-0.2, -0.15) is 0 Å². The van der Waals surface area contributed by atoms with Gasteiger partial charge >= 0.3 is 5.97 Å². The zero-order valence-corrected chi connectivity index (χ0v) is 11.1. The van der Waals surface area contributed by atoms with Gasteiger partial charge < -0.3 is 9.84 Å². The third kappa shape index (κ3) is 3.36. The molecule has 1 aromatic carbocycles. The quantitative estimate of drug-likeness (QED) is 0.935. The van der Waals surface area contributed by atoms with Crippen LogP contribution in [0.1, 0.15) is 15.9 Å². The molecule has 0 fully saturated rings. The summed E-state index contributed by atoms with van der Waals surface area (Å²) in [5, 5.41) is 9.56. The first-order chi connectivity index (χ1) is 9.08. The topological polar surface area (TPSA) is 59.4 Å². The van der Waals surface area contributed by atoms with Crippen LogP contribution in [0.25, 0.3) is 0 Å². The van der Waals surface area contributed by atoms with Crippen LogP contribution in [-0.2, 0) is 6.61 Å². The number of pyridine rings is 1. The van der Waals surface area contributed by atoms with E-state index in [2.05, 4.69) is 4.98 Å². The van der Waals surface area contributed by atoms with Crippen molar-refractivity contribution < 1.29 is 14.6 Å². The normalized spacial score (nSPS) is 10.2. The molecule has 0 bridgehead atoms. The minimum Gasteiger partial charge on any atom is -0.487 e. The molecule has 0 atom stereocenters. The summed E-state index contributed by atoms with van der Waals surface area (Å²) in [5.74, 6) is -0.634. The smallest absolute Gasteiger partial charge is 0.335 e. The van der Waals surface area contributed by atoms with Gasteiger partial charge in [-0.25, -0.2) is 4.79 Å². The zero-order valence-electron chi connectivity index (χ0n) is 9.64. The molecule has 0 saturated heterocycles. The third-order valence-electron chi connectivity index (χ3n) is 2.42. The number of rotatable bonds is 4. The van der Waals surface area contributed by atoms with Crippen molar-refractivity contribution in [3.8, 4) is 5.75 Å². The van der Waals surface area contributed by atoms with Crippen molar-refractivity contribution >= 4 is 29.2 Å². The van der Waals surface area contributed by atoms with Gasteiger partial charge in [-0.05, 0) is 24.3 Å². The molecule has 0 spiro atoms. The van der Waals surface area contributed by atoms with Crippen LogP contribution < -0.4 is 4.74 Å². The van der Waals surface area contributed by atoms with E-state index in [1.807, 2.05) is 0 Å². The van der Waals surface area contributed by atoms with Gasteiger partial charge in [-0.1, -0.05) is 23.2 Å². The number of ether oxygens (including phenoxy) is 1. The third-order valence-corrected chi connectivity index (χ3v) is 3.05. The van der Waals surface area contributed by atoms with Crippen molar-refractivity contribution in [1.82, 2.24) is 4.98 Å². The summed E-state index contributed by atoms with van der Waals surface area (Å²) < 4.78 is 5.50. The van der Waals surface area contributed by atoms with E-state index in [1.54, 1.807) is 12.3 Å². The average Bonchev–Trinajstić information content (AvgIpc) is 2.39. The molecule has 1 N–H and O–H groups in total. The molecule has 19 heavy (non-hydrogen) atoms. The predicted molar refractivity (Wildman–Crippen MR) is 72.0 cm³/mol. The van der Waals surface area contributed by atoms with E-state index in [1.165, 1.54) is 24.4 Å². The van der Waals surface area contributed by atoms with Gasteiger partial charge in [0.15, 0.2) is 0 Å². The number of carboxylic acids is 1. The summed E-state index contributed by atoms with van der Waals surface area (Å²) in [7, 11) is 0. The summed E-state index contributed by atoms with van der Waals surface area (Å²) in [4.78, 5) is 14.6. The maximum Gasteiger partial charge on any atom is 0.335 e. The summed E-state index contributed by atoms with van der Waals surface area (Å²) >= 11 is 11.9. The van der Waals surface area contributed by atoms with Gasteiger partial charge in [0.05, 0.1) is 15.6 Å². The molecule has 2 rings (SSSR count). The molecule has 0 saturated carbocycles. The molecule has 0 radical (unpaired) electrons. The number of aromatic nitrogens is 1. The molecule has 1 aromatic heterocycles. The summed E-state index contributed by atoms with van der Waals surface area (Å²) in [6.07, 6.45) is 3.13. The average molecular weight is 298 g/mol. The van der Waals surface area contributed by atoms with Crippen LogP contribution in [0, 0.1) is 0 Å².